The number of carbonyl (C=O) groups excluding carboxylic acids is 3. The lowest BCUT2D eigenvalue weighted by molar-refractivity contribution is -0.139. The molecule has 6 atom stereocenters. The summed E-state index contributed by atoms with van der Waals surface area (Å²) < 4.78 is 219. The predicted molar refractivity (Wildman–Crippen MR) is 442 cm³/mol. The number of aromatic nitrogens is 6. The van der Waals surface area contributed by atoms with Crippen molar-refractivity contribution in [3.63, 3.8) is 0 Å². The van der Waals surface area contributed by atoms with Crippen molar-refractivity contribution in [1.29, 1.82) is 0 Å². The van der Waals surface area contributed by atoms with E-state index < -0.39 is 83.4 Å². The first-order valence-corrected chi connectivity index (χ1v) is 46.0. The summed E-state index contributed by atoms with van der Waals surface area (Å²) in [5.41, 5.74) is -1.21. The van der Waals surface area contributed by atoms with Gasteiger partial charge in [0.15, 0.2) is 0 Å². The molecule has 8 N–H and O–H groups in total. The Morgan fingerprint density at radius 2 is 0.713 bits per heavy atom. The van der Waals surface area contributed by atoms with E-state index in [1.165, 1.54) is 32.7 Å². The molecular weight excluding hydrogens is 1670 g/mol. The summed E-state index contributed by atoms with van der Waals surface area (Å²) in [7, 11) is 1.32. The van der Waals surface area contributed by atoms with Crippen LogP contribution in [0, 0.1) is 17.8 Å². The summed E-state index contributed by atoms with van der Waals surface area (Å²) in [4.78, 5) is 69.4. The monoisotopic (exact) mass is 1780 g/mol. The second kappa shape index (κ2) is 41.3. The lowest BCUT2D eigenvalue weighted by Crippen LogP contribution is -2.43. The maximum Gasteiger partial charge on any atom is 0.419 e. The number of likely N-dealkylation sites (tertiary alicyclic amines) is 3. The number of carbonyl (C=O) groups is 3. The third-order valence-corrected chi connectivity index (χ3v) is 25.9. The van der Waals surface area contributed by atoms with E-state index in [2.05, 4.69) is 85.9 Å². The Morgan fingerprint density at radius 1 is 0.426 bits per heavy atom. The molecule has 0 unspecified atom stereocenters. The molecule has 672 valence electrons. The number of hydrogen-bond acceptors (Lipinski definition) is 24. The zero-order chi connectivity index (χ0) is 88.8. The van der Waals surface area contributed by atoms with Gasteiger partial charge >= 0.3 is 18.5 Å². The fraction of sp³-hybridized carbons (Fsp3) is 0.588. The number of sulfonamides is 3. The van der Waals surface area contributed by atoms with Crippen LogP contribution in [-0.4, -0.2) is 236 Å². The number of hydrogen-bond donors (Lipinski definition) is 8. The molecule has 3 aromatic carbocycles. The maximum atomic E-state index is 13.9. The van der Waals surface area contributed by atoms with E-state index in [0.717, 1.165) is 128 Å². The number of halogens is 9. The molecule has 3 amide bonds. The van der Waals surface area contributed by atoms with Crippen LogP contribution in [0.2, 0.25) is 0 Å². The van der Waals surface area contributed by atoms with Gasteiger partial charge in [0, 0.05) is 78.6 Å². The van der Waals surface area contributed by atoms with Gasteiger partial charge in [-0.3, -0.25) is 14.4 Å². The van der Waals surface area contributed by atoms with Crippen LogP contribution >= 0.6 is 0 Å². The first-order chi connectivity index (χ1) is 57.4. The molecule has 6 heterocycles. The van der Waals surface area contributed by atoms with Crippen LogP contribution in [0.15, 0.2) is 73.2 Å². The molecule has 42 heteroatoms. The standard InChI is InChI=1S/2C27H37F3N6O4S.C26H35F3N6O4S/c1-35-12-10-19(11-13-35)32-25(37)18-8-9-21(24(15-18)40-3)33-26-31-16-20(27(28,29)30)22(34-26)14-17-6-5-7-23(17)36(2)41(4,38)39;1-36-12-10-19(11-13-36)32-25(37)18-8-9-22(24(15-18)40-2)33-26-31-16-20(27(28,29)30)23(34-26)14-17-6-4-5-7-21(17)35-41(3,38)39;1-35-11-9-18(10-12-35)31-24(36)17-7-8-21(23(14-17)39-2)32-25-30-15-19(26(27,28)29)22(33-25)13-16-5-4-6-20(16)34-40(3,37)38/h8-9,15-17,19,23H,5-7,10-14H2,1-4H3,(H,32,37)(H,31,33,34);8-9,15-17,19,21,35H,4-7,10-14H2,1-3H3,(H,32,37)(H,31,33,34);7-8,14-16,18,20,34H,4-6,9-13H2,1-3H3,(H,31,36)(H,30,32,33)/t17-,23+;17-,21+;16-,20+/m000/s1. The largest absolute Gasteiger partial charge is 0.495 e. The molecule has 12 rings (SSSR count). The quantitative estimate of drug-likeness (QED) is 0.0222. The number of methoxy groups -OCH3 is 3. The minimum Gasteiger partial charge on any atom is -0.495 e. The second-order valence-corrected chi connectivity index (χ2v) is 37.9. The Hall–Kier alpha value is -8.91. The summed E-state index contributed by atoms with van der Waals surface area (Å²) in [5.74, 6) is -1.02. The van der Waals surface area contributed by atoms with Gasteiger partial charge in [-0.1, -0.05) is 25.7 Å². The highest BCUT2D eigenvalue weighted by molar-refractivity contribution is 7.89. The predicted octanol–water partition coefficient (Wildman–Crippen LogP) is 10.7. The number of nitrogens with one attached hydrogen (secondary N) is 8. The van der Waals surface area contributed by atoms with Gasteiger partial charge in [0.1, 0.15) is 17.2 Å². The molecule has 0 bridgehead atoms. The molecule has 30 nitrogen and oxygen atoms in total. The average molecular weight is 1780 g/mol. The minimum atomic E-state index is -4.68. The molecular formula is C80H109F9N18O12S3. The van der Waals surface area contributed by atoms with Crippen molar-refractivity contribution in [2.24, 2.45) is 17.8 Å². The van der Waals surface area contributed by atoms with Crippen LogP contribution in [0.5, 0.6) is 17.2 Å². The normalized spacial score (nSPS) is 20.9. The van der Waals surface area contributed by atoms with Crippen LogP contribution in [0.25, 0.3) is 0 Å². The van der Waals surface area contributed by atoms with E-state index in [0.29, 0.717) is 102 Å². The fourth-order valence-corrected chi connectivity index (χ4v) is 18.9. The van der Waals surface area contributed by atoms with E-state index >= 15 is 0 Å². The molecule has 3 saturated heterocycles. The summed E-state index contributed by atoms with van der Waals surface area (Å²) in [6.07, 6.45) is 2.72. The van der Waals surface area contributed by atoms with Crippen LogP contribution in [0.1, 0.15) is 168 Å². The average Bonchev–Trinajstić information content (AvgIpc) is 1.29. The smallest absolute Gasteiger partial charge is 0.419 e. The molecule has 0 spiro atoms. The number of anilines is 6. The molecule has 6 aliphatic rings. The fourth-order valence-electron chi connectivity index (χ4n) is 16.4. The van der Waals surface area contributed by atoms with Crippen molar-refractivity contribution in [3.8, 4) is 17.2 Å². The van der Waals surface area contributed by atoms with Crippen LogP contribution < -0.4 is 55.6 Å². The lowest BCUT2D eigenvalue weighted by Gasteiger charge is -2.32. The van der Waals surface area contributed by atoms with Gasteiger partial charge in [-0.2, -0.15) is 39.5 Å². The van der Waals surface area contributed by atoms with Crippen LogP contribution in [0.3, 0.4) is 0 Å². The second-order valence-electron chi connectivity index (χ2n) is 32.3. The summed E-state index contributed by atoms with van der Waals surface area (Å²) in [6, 6.07) is 13.1. The maximum absolute atomic E-state index is 13.9. The number of nitrogens with zero attached hydrogens (tertiary/aromatic N) is 10. The molecule has 3 saturated carbocycles. The Balaban J connectivity index is 0.000000192. The first kappa shape index (κ1) is 95.3. The van der Waals surface area contributed by atoms with E-state index in [1.807, 2.05) is 21.1 Å². The van der Waals surface area contributed by atoms with E-state index in [-0.39, 0.29) is 108 Å². The lowest BCUT2D eigenvalue weighted by atomic mass is 9.81. The molecule has 3 aliphatic heterocycles. The van der Waals surface area contributed by atoms with Crippen molar-refractivity contribution in [2.45, 2.75) is 177 Å². The van der Waals surface area contributed by atoms with Crippen molar-refractivity contribution >= 4 is 82.7 Å². The molecule has 122 heavy (non-hydrogen) atoms. The molecule has 3 aliphatic carbocycles. The van der Waals surface area contributed by atoms with E-state index in [4.69, 9.17) is 14.2 Å². The van der Waals surface area contributed by atoms with Crippen LogP contribution in [0.4, 0.5) is 74.4 Å². The molecule has 6 fully saturated rings. The molecule has 6 aromatic rings. The van der Waals surface area contributed by atoms with Gasteiger partial charge in [0.25, 0.3) is 17.7 Å². The topological polar surface area (TPSA) is 368 Å². The summed E-state index contributed by atoms with van der Waals surface area (Å²) in [5, 5.41) is 17.9. The minimum absolute atomic E-state index is 0.0518. The Kier molecular flexibility index (Phi) is 32.2. The first-order valence-electron chi connectivity index (χ1n) is 40.4. The van der Waals surface area contributed by atoms with Crippen molar-refractivity contribution in [1.82, 2.24) is 74.3 Å². The number of benzene rings is 3. The zero-order valence-corrected chi connectivity index (χ0v) is 72.2. The third kappa shape index (κ3) is 27.3. The van der Waals surface area contributed by atoms with Gasteiger partial charge in [0.05, 0.1) is 90.9 Å². The molecule has 3 aromatic heterocycles. The van der Waals surface area contributed by atoms with Gasteiger partial charge in [0.2, 0.25) is 47.9 Å². The number of rotatable bonds is 27. The zero-order valence-electron chi connectivity index (χ0n) is 69.8. The number of amides is 3. The summed E-state index contributed by atoms with van der Waals surface area (Å²) >= 11 is 0. The van der Waals surface area contributed by atoms with Gasteiger partial charge in [-0.25, -0.2) is 68.9 Å². The number of ether oxygens (including phenoxy) is 3. The van der Waals surface area contributed by atoms with Crippen molar-refractivity contribution < 1.29 is 93.4 Å². The number of alkyl halides is 9. The van der Waals surface area contributed by atoms with Gasteiger partial charge < -0.3 is 60.8 Å². The SMILES string of the molecule is COc1cc(C(=O)NC2CCN(C)CC2)ccc1Nc1ncc(C(F)(F)F)c(C[C@@H]2CCCC[C@H]2NS(C)(=O)=O)n1.COc1cc(C(=O)NC2CCN(C)CC2)ccc1Nc1ncc(C(F)(F)F)c(C[C@@H]2CCC[C@H]2N(C)S(C)(=O)=O)n1.COc1cc(C(=O)NC2CCN(C)CC2)ccc1Nc1ncc(C(F)(F)F)c(C[C@@H]2CCC[C@H]2NS(C)(=O)=O)n1. The highest BCUT2D eigenvalue weighted by atomic mass is 32.2. The Labute approximate surface area is 705 Å². The van der Waals surface area contributed by atoms with E-state index in [1.54, 1.807) is 54.6 Å². The van der Waals surface area contributed by atoms with Gasteiger partial charge in [-0.15, -0.1) is 0 Å². The highest BCUT2D eigenvalue weighted by Crippen LogP contribution is 2.42. The Bertz CT molecular complexity index is 4810. The highest BCUT2D eigenvalue weighted by Gasteiger charge is 2.43. The third-order valence-electron chi connectivity index (χ3n) is 23.1. The molecule has 0 radical (unpaired) electrons. The van der Waals surface area contributed by atoms with Gasteiger partial charge in [-0.05, 0) is 229 Å². The van der Waals surface area contributed by atoms with Crippen molar-refractivity contribution in [3.05, 3.63) is 124 Å². The Morgan fingerprint density at radius 3 is 1.02 bits per heavy atom. The van der Waals surface area contributed by atoms with E-state index in [9.17, 15) is 79.2 Å². The van der Waals surface area contributed by atoms with Crippen LogP contribution in [-0.2, 0) is 67.9 Å². The van der Waals surface area contributed by atoms with Crippen molar-refractivity contribution in [2.75, 3.05) is 124 Å². The number of piperidine rings is 3. The summed E-state index contributed by atoms with van der Waals surface area (Å²) in [6.45, 7) is 5.43.